The first kappa shape index (κ1) is 13.6. The number of carbonyl (C=O) groups is 1. The summed E-state index contributed by atoms with van der Waals surface area (Å²) >= 11 is 0. The zero-order valence-electron chi connectivity index (χ0n) is 11.1. The second kappa shape index (κ2) is 5.55. The van der Waals surface area contributed by atoms with Crippen LogP contribution in [0.1, 0.15) is 22.3 Å². The SMILES string of the molecule is O=C1CCc2c1cccc2-c1cnc(NCC(F)F)nc1. The Labute approximate surface area is 120 Å². The van der Waals surface area contributed by atoms with Gasteiger partial charge in [0.2, 0.25) is 5.95 Å². The van der Waals surface area contributed by atoms with Gasteiger partial charge in [0.1, 0.15) is 0 Å². The Hall–Kier alpha value is -2.37. The largest absolute Gasteiger partial charge is 0.348 e. The molecule has 1 N–H and O–H groups in total. The van der Waals surface area contributed by atoms with E-state index in [0.29, 0.717) is 6.42 Å². The highest BCUT2D eigenvalue weighted by Crippen LogP contribution is 2.31. The molecule has 6 heteroatoms. The molecule has 0 amide bonds. The number of Topliss-reactive ketones (excluding diaryl/α,β-unsaturated/α-hetero) is 1. The number of aromatic nitrogens is 2. The van der Waals surface area contributed by atoms with E-state index in [1.165, 1.54) is 0 Å². The molecule has 4 nitrogen and oxygen atoms in total. The van der Waals surface area contributed by atoms with Gasteiger partial charge in [-0.15, -0.1) is 0 Å². The van der Waals surface area contributed by atoms with Crippen LogP contribution in [0.15, 0.2) is 30.6 Å². The molecular weight excluding hydrogens is 276 g/mol. The van der Waals surface area contributed by atoms with Gasteiger partial charge in [-0.1, -0.05) is 18.2 Å². The summed E-state index contributed by atoms with van der Waals surface area (Å²) in [6, 6.07) is 5.58. The first-order valence-corrected chi connectivity index (χ1v) is 6.64. The topological polar surface area (TPSA) is 54.9 Å². The standard InChI is InChI=1S/C15H13F2N3O/c16-14(17)8-20-15-18-6-9(7-19-15)10-2-1-3-12-11(10)4-5-13(12)21/h1-3,6-7,14H,4-5,8H2,(H,18,19,20). The zero-order chi connectivity index (χ0) is 14.8. The number of hydrogen-bond donors (Lipinski definition) is 1. The molecule has 21 heavy (non-hydrogen) atoms. The van der Waals surface area contributed by atoms with E-state index in [4.69, 9.17) is 0 Å². The molecule has 0 saturated carbocycles. The van der Waals surface area contributed by atoms with Crippen molar-refractivity contribution in [1.29, 1.82) is 0 Å². The van der Waals surface area contributed by atoms with Gasteiger partial charge >= 0.3 is 0 Å². The van der Waals surface area contributed by atoms with Crippen molar-refractivity contribution in [2.45, 2.75) is 19.3 Å². The highest BCUT2D eigenvalue weighted by atomic mass is 19.3. The van der Waals surface area contributed by atoms with Crippen LogP contribution in [-0.4, -0.2) is 28.7 Å². The number of halogens is 2. The smallest absolute Gasteiger partial charge is 0.255 e. The van der Waals surface area contributed by atoms with Crippen LogP contribution in [0, 0.1) is 0 Å². The van der Waals surface area contributed by atoms with E-state index >= 15 is 0 Å². The van der Waals surface area contributed by atoms with E-state index < -0.39 is 13.0 Å². The van der Waals surface area contributed by atoms with Crippen molar-refractivity contribution < 1.29 is 13.6 Å². The lowest BCUT2D eigenvalue weighted by Gasteiger charge is -2.08. The van der Waals surface area contributed by atoms with Crippen LogP contribution in [0.4, 0.5) is 14.7 Å². The summed E-state index contributed by atoms with van der Waals surface area (Å²) in [6.45, 7) is -0.478. The lowest BCUT2D eigenvalue weighted by molar-refractivity contribution is 0.0994. The second-order valence-corrected chi connectivity index (χ2v) is 4.82. The third kappa shape index (κ3) is 2.74. The van der Waals surface area contributed by atoms with Gasteiger partial charge in [0.25, 0.3) is 6.43 Å². The first-order valence-electron chi connectivity index (χ1n) is 6.64. The molecule has 2 aromatic rings. The Morgan fingerprint density at radius 2 is 1.86 bits per heavy atom. The summed E-state index contributed by atoms with van der Waals surface area (Å²) < 4.78 is 24.2. The molecule has 0 bridgehead atoms. The third-order valence-electron chi connectivity index (χ3n) is 3.46. The number of anilines is 1. The molecule has 0 aliphatic heterocycles. The molecule has 0 unspecified atom stereocenters. The van der Waals surface area contributed by atoms with Crippen molar-refractivity contribution in [1.82, 2.24) is 9.97 Å². The Bertz CT molecular complexity index is 671. The lowest BCUT2D eigenvalue weighted by atomic mass is 9.99. The lowest BCUT2D eigenvalue weighted by Crippen LogP contribution is -2.12. The normalized spacial score (nSPS) is 13.6. The van der Waals surface area contributed by atoms with Gasteiger partial charge in [-0.2, -0.15) is 0 Å². The van der Waals surface area contributed by atoms with Crippen LogP contribution in [0.2, 0.25) is 0 Å². The van der Waals surface area contributed by atoms with E-state index in [2.05, 4.69) is 15.3 Å². The number of alkyl halides is 2. The van der Waals surface area contributed by atoms with E-state index in [0.717, 1.165) is 28.7 Å². The summed E-state index contributed by atoms with van der Waals surface area (Å²) in [5, 5.41) is 2.46. The number of ketones is 1. The average Bonchev–Trinajstić information content (AvgIpc) is 2.87. The fourth-order valence-electron chi connectivity index (χ4n) is 2.49. The maximum Gasteiger partial charge on any atom is 0.255 e. The molecule has 1 aromatic heterocycles. The highest BCUT2D eigenvalue weighted by molar-refractivity contribution is 6.02. The fraction of sp³-hybridized carbons (Fsp3) is 0.267. The molecule has 108 valence electrons. The van der Waals surface area contributed by atoms with Crippen molar-refractivity contribution in [3.8, 4) is 11.1 Å². The van der Waals surface area contributed by atoms with Gasteiger partial charge in [0, 0.05) is 29.9 Å². The maximum absolute atomic E-state index is 12.1. The molecule has 3 rings (SSSR count). The predicted molar refractivity (Wildman–Crippen MR) is 74.6 cm³/mol. The van der Waals surface area contributed by atoms with Gasteiger partial charge in [-0.05, 0) is 17.5 Å². The quantitative estimate of drug-likeness (QED) is 0.940. The number of nitrogens with zero attached hydrogens (tertiary/aromatic N) is 2. The van der Waals surface area contributed by atoms with Crippen LogP contribution in [-0.2, 0) is 6.42 Å². The minimum absolute atomic E-state index is 0.156. The van der Waals surface area contributed by atoms with Gasteiger partial charge in [-0.3, -0.25) is 4.79 Å². The van der Waals surface area contributed by atoms with E-state index in [1.54, 1.807) is 12.4 Å². The van der Waals surface area contributed by atoms with Crippen molar-refractivity contribution >= 4 is 11.7 Å². The highest BCUT2D eigenvalue weighted by Gasteiger charge is 2.22. The van der Waals surface area contributed by atoms with Gasteiger partial charge in [-0.25, -0.2) is 18.7 Å². The van der Waals surface area contributed by atoms with Crippen molar-refractivity contribution in [3.05, 3.63) is 41.7 Å². The molecule has 0 fully saturated rings. The van der Waals surface area contributed by atoms with Crippen LogP contribution in [0.5, 0.6) is 0 Å². The summed E-state index contributed by atoms with van der Waals surface area (Å²) in [6.07, 6.45) is 1.96. The summed E-state index contributed by atoms with van der Waals surface area (Å²) in [4.78, 5) is 19.8. The first-order chi connectivity index (χ1) is 10.1. The molecule has 1 heterocycles. The van der Waals surface area contributed by atoms with Crippen LogP contribution >= 0.6 is 0 Å². The molecule has 1 aliphatic rings. The fourth-order valence-corrected chi connectivity index (χ4v) is 2.49. The molecule has 0 saturated heterocycles. The number of rotatable bonds is 4. The minimum Gasteiger partial charge on any atom is -0.348 e. The molecule has 0 spiro atoms. The van der Waals surface area contributed by atoms with Gasteiger partial charge < -0.3 is 5.32 Å². The molecule has 1 aromatic carbocycles. The number of hydrogen-bond acceptors (Lipinski definition) is 4. The molecular formula is C15H13F2N3O. The number of benzene rings is 1. The summed E-state index contributed by atoms with van der Waals surface area (Å²) in [5.74, 6) is 0.325. The zero-order valence-corrected chi connectivity index (χ0v) is 11.1. The van der Waals surface area contributed by atoms with Gasteiger partial charge in [0.15, 0.2) is 5.78 Å². The van der Waals surface area contributed by atoms with Crippen LogP contribution in [0.25, 0.3) is 11.1 Å². The number of nitrogens with one attached hydrogen (secondary N) is 1. The third-order valence-corrected chi connectivity index (χ3v) is 3.46. The van der Waals surface area contributed by atoms with Gasteiger partial charge in [0.05, 0.1) is 6.54 Å². The molecule has 0 atom stereocenters. The average molecular weight is 289 g/mol. The van der Waals surface area contributed by atoms with Crippen molar-refractivity contribution in [2.24, 2.45) is 0 Å². The Morgan fingerprint density at radius 3 is 2.57 bits per heavy atom. The predicted octanol–water partition coefficient (Wildman–Crippen LogP) is 2.95. The van der Waals surface area contributed by atoms with E-state index in [1.807, 2.05) is 18.2 Å². The van der Waals surface area contributed by atoms with Crippen molar-refractivity contribution in [2.75, 3.05) is 11.9 Å². The Morgan fingerprint density at radius 1 is 1.14 bits per heavy atom. The van der Waals surface area contributed by atoms with Crippen LogP contribution in [0.3, 0.4) is 0 Å². The Kier molecular flexibility index (Phi) is 3.60. The van der Waals surface area contributed by atoms with E-state index in [9.17, 15) is 13.6 Å². The number of carbonyl (C=O) groups excluding carboxylic acids is 1. The molecule has 0 radical (unpaired) electrons. The Balaban J connectivity index is 1.87. The monoisotopic (exact) mass is 289 g/mol. The second-order valence-electron chi connectivity index (χ2n) is 4.82. The maximum atomic E-state index is 12.1. The minimum atomic E-state index is -2.45. The van der Waals surface area contributed by atoms with Crippen LogP contribution < -0.4 is 5.32 Å². The number of fused-ring (bicyclic) bond motifs is 1. The summed E-state index contributed by atoms with van der Waals surface area (Å²) in [7, 11) is 0. The van der Waals surface area contributed by atoms with E-state index in [-0.39, 0.29) is 11.7 Å². The van der Waals surface area contributed by atoms with Crippen molar-refractivity contribution in [3.63, 3.8) is 0 Å². The molecule has 1 aliphatic carbocycles. The summed E-state index contributed by atoms with van der Waals surface area (Å²) in [5.41, 5.74) is 3.48.